The molecule has 0 atom stereocenters. The number of carbonyl (C=O) groups is 2. The third-order valence-corrected chi connectivity index (χ3v) is 6.13. The van der Waals surface area contributed by atoms with Crippen molar-refractivity contribution in [1.29, 1.82) is 0 Å². The van der Waals surface area contributed by atoms with E-state index in [0.29, 0.717) is 19.4 Å². The molecule has 0 radical (unpaired) electrons. The molecule has 2 N–H and O–H groups in total. The molecule has 2 saturated carbocycles. The minimum Gasteiger partial charge on any atom is -0.497 e. The van der Waals surface area contributed by atoms with Gasteiger partial charge in [0.05, 0.1) is 12.5 Å². The number of benzene rings is 1. The molecule has 5 nitrogen and oxygen atoms in total. The maximum absolute atomic E-state index is 12.4. The van der Waals surface area contributed by atoms with Crippen molar-refractivity contribution in [3.63, 3.8) is 0 Å². The fourth-order valence-electron chi connectivity index (χ4n) is 4.28. The van der Waals surface area contributed by atoms with Crippen LogP contribution < -0.4 is 10.1 Å². The summed E-state index contributed by atoms with van der Waals surface area (Å²) in [5.41, 5.74) is 0.296. The molecule has 0 aliphatic heterocycles. The van der Waals surface area contributed by atoms with Gasteiger partial charge in [-0.15, -0.1) is 0 Å². The number of amides is 1. The van der Waals surface area contributed by atoms with Crippen molar-refractivity contribution < 1.29 is 19.4 Å². The topological polar surface area (TPSA) is 75.6 Å². The molecule has 136 valence electrons. The van der Waals surface area contributed by atoms with Gasteiger partial charge in [0.2, 0.25) is 5.91 Å². The Morgan fingerprint density at radius 3 is 2.44 bits per heavy atom. The Morgan fingerprint density at radius 1 is 1.16 bits per heavy atom. The fourth-order valence-corrected chi connectivity index (χ4v) is 4.28. The van der Waals surface area contributed by atoms with Gasteiger partial charge < -0.3 is 15.2 Å². The maximum Gasteiger partial charge on any atom is 0.310 e. The zero-order valence-electron chi connectivity index (χ0n) is 14.8. The molecule has 2 aliphatic rings. The summed E-state index contributed by atoms with van der Waals surface area (Å²) >= 11 is 0. The van der Waals surface area contributed by atoms with E-state index in [1.807, 2.05) is 12.1 Å². The SMILES string of the molecule is COc1cccc(C2(CNC(=O)CC3(C(=O)O)CCC3)CCCC2)c1. The van der Waals surface area contributed by atoms with Gasteiger partial charge in [-0.1, -0.05) is 31.4 Å². The van der Waals surface area contributed by atoms with E-state index in [-0.39, 0.29) is 17.7 Å². The Hall–Kier alpha value is -2.04. The van der Waals surface area contributed by atoms with Crippen LogP contribution >= 0.6 is 0 Å². The van der Waals surface area contributed by atoms with Crippen LogP contribution in [0.1, 0.15) is 56.9 Å². The van der Waals surface area contributed by atoms with Crippen molar-refractivity contribution in [3.8, 4) is 5.75 Å². The number of methoxy groups -OCH3 is 1. The van der Waals surface area contributed by atoms with Crippen LogP contribution in [0.2, 0.25) is 0 Å². The standard InChI is InChI=1S/C20H27NO4/c1-25-16-7-4-6-15(12-16)20(8-2-3-9-20)14-21-17(22)13-19(18(23)24)10-5-11-19/h4,6-7,12H,2-3,5,8-11,13-14H2,1H3,(H,21,22)(H,23,24). The molecule has 2 fully saturated rings. The first-order valence-electron chi connectivity index (χ1n) is 9.14. The number of rotatable bonds is 7. The predicted molar refractivity (Wildman–Crippen MR) is 94.7 cm³/mol. The highest BCUT2D eigenvalue weighted by Gasteiger charge is 2.46. The first-order chi connectivity index (χ1) is 12.0. The molecular formula is C20H27NO4. The number of carboxylic acids is 1. The molecular weight excluding hydrogens is 318 g/mol. The average Bonchev–Trinajstić information content (AvgIpc) is 3.06. The zero-order valence-corrected chi connectivity index (χ0v) is 14.8. The second-order valence-electron chi connectivity index (χ2n) is 7.61. The van der Waals surface area contributed by atoms with E-state index < -0.39 is 11.4 Å². The van der Waals surface area contributed by atoms with Gasteiger partial charge >= 0.3 is 5.97 Å². The van der Waals surface area contributed by atoms with E-state index in [0.717, 1.165) is 37.9 Å². The van der Waals surface area contributed by atoms with E-state index in [1.165, 1.54) is 5.56 Å². The molecule has 0 saturated heterocycles. The van der Waals surface area contributed by atoms with Crippen molar-refractivity contribution in [2.45, 2.75) is 56.8 Å². The lowest BCUT2D eigenvalue weighted by molar-refractivity contribution is -0.157. The lowest BCUT2D eigenvalue weighted by Gasteiger charge is -2.37. The van der Waals surface area contributed by atoms with Gasteiger partial charge in [-0.3, -0.25) is 9.59 Å². The molecule has 0 bridgehead atoms. The van der Waals surface area contributed by atoms with Gasteiger partial charge in [-0.25, -0.2) is 0 Å². The van der Waals surface area contributed by atoms with Crippen LogP contribution in [-0.2, 0) is 15.0 Å². The summed E-state index contributed by atoms with van der Waals surface area (Å²) in [6.07, 6.45) is 6.56. The Kier molecular flexibility index (Phi) is 5.02. The molecule has 2 aliphatic carbocycles. The Balaban J connectivity index is 1.68. The van der Waals surface area contributed by atoms with Crippen LogP contribution in [0.5, 0.6) is 5.75 Å². The molecule has 0 spiro atoms. The fraction of sp³-hybridized carbons (Fsp3) is 0.600. The van der Waals surface area contributed by atoms with Crippen molar-refractivity contribution in [2.75, 3.05) is 13.7 Å². The minimum absolute atomic E-state index is 0.0692. The molecule has 1 amide bonds. The third-order valence-electron chi connectivity index (χ3n) is 6.13. The van der Waals surface area contributed by atoms with Crippen LogP contribution in [0.25, 0.3) is 0 Å². The van der Waals surface area contributed by atoms with Gasteiger partial charge in [-0.2, -0.15) is 0 Å². The second kappa shape index (κ2) is 7.06. The number of aliphatic carboxylic acids is 1. The molecule has 0 aromatic heterocycles. The highest BCUT2D eigenvalue weighted by molar-refractivity contribution is 5.85. The number of carboxylic acid groups (broad SMARTS) is 1. The molecule has 0 unspecified atom stereocenters. The molecule has 3 rings (SSSR count). The van der Waals surface area contributed by atoms with Gasteiger partial charge in [0.25, 0.3) is 0 Å². The van der Waals surface area contributed by atoms with Crippen LogP contribution in [0.4, 0.5) is 0 Å². The van der Waals surface area contributed by atoms with Crippen LogP contribution in [0.15, 0.2) is 24.3 Å². The Labute approximate surface area is 148 Å². The average molecular weight is 345 g/mol. The summed E-state index contributed by atoms with van der Waals surface area (Å²) in [4.78, 5) is 23.9. The Morgan fingerprint density at radius 2 is 1.88 bits per heavy atom. The van der Waals surface area contributed by atoms with E-state index in [2.05, 4.69) is 17.4 Å². The van der Waals surface area contributed by atoms with Gasteiger partial charge in [0.1, 0.15) is 5.75 Å². The van der Waals surface area contributed by atoms with E-state index in [9.17, 15) is 14.7 Å². The number of hydrogen-bond donors (Lipinski definition) is 2. The van der Waals surface area contributed by atoms with E-state index >= 15 is 0 Å². The van der Waals surface area contributed by atoms with Crippen LogP contribution in [0, 0.1) is 5.41 Å². The number of ether oxygens (including phenoxy) is 1. The third kappa shape index (κ3) is 3.51. The number of nitrogens with one attached hydrogen (secondary N) is 1. The highest BCUT2D eigenvalue weighted by Crippen LogP contribution is 2.45. The van der Waals surface area contributed by atoms with Gasteiger partial charge in [0.15, 0.2) is 0 Å². The molecule has 0 heterocycles. The lowest BCUT2D eigenvalue weighted by Crippen LogP contribution is -2.45. The lowest BCUT2D eigenvalue weighted by atomic mass is 9.66. The maximum atomic E-state index is 12.4. The minimum atomic E-state index is -0.836. The quantitative estimate of drug-likeness (QED) is 0.795. The van der Waals surface area contributed by atoms with Crippen LogP contribution in [0.3, 0.4) is 0 Å². The summed E-state index contributed by atoms with van der Waals surface area (Å²) < 4.78 is 5.35. The first-order valence-corrected chi connectivity index (χ1v) is 9.14. The summed E-state index contributed by atoms with van der Waals surface area (Å²) in [5, 5.41) is 12.4. The number of hydrogen-bond acceptors (Lipinski definition) is 3. The van der Waals surface area contributed by atoms with Crippen molar-refractivity contribution >= 4 is 11.9 Å². The smallest absolute Gasteiger partial charge is 0.310 e. The van der Waals surface area contributed by atoms with E-state index in [1.54, 1.807) is 7.11 Å². The van der Waals surface area contributed by atoms with E-state index in [4.69, 9.17) is 4.74 Å². The summed E-state index contributed by atoms with van der Waals surface area (Å²) in [6, 6.07) is 8.08. The molecule has 25 heavy (non-hydrogen) atoms. The van der Waals surface area contributed by atoms with Gasteiger partial charge in [0, 0.05) is 18.4 Å². The summed E-state index contributed by atoms with van der Waals surface area (Å²) in [5.74, 6) is -0.150. The van der Waals surface area contributed by atoms with Gasteiger partial charge in [-0.05, 0) is 43.4 Å². The molecule has 1 aromatic rings. The normalized spacial score (nSPS) is 20.5. The second-order valence-corrected chi connectivity index (χ2v) is 7.61. The molecule has 5 heteroatoms. The van der Waals surface area contributed by atoms with Crippen molar-refractivity contribution in [2.24, 2.45) is 5.41 Å². The largest absolute Gasteiger partial charge is 0.497 e. The monoisotopic (exact) mass is 345 g/mol. The van der Waals surface area contributed by atoms with Crippen molar-refractivity contribution in [1.82, 2.24) is 5.32 Å². The Bertz CT molecular complexity index is 645. The predicted octanol–water partition coefficient (Wildman–Crippen LogP) is 3.27. The number of carbonyl (C=O) groups excluding carboxylic acids is 1. The summed E-state index contributed by atoms with van der Waals surface area (Å²) in [7, 11) is 1.66. The molecule has 1 aromatic carbocycles. The van der Waals surface area contributed by atoms with Crippen LogP contribution in [-0.4, -0.2) is 30.6 Å². The highest BCUT2D eigenvalue weighted by atomic mass is 16.5. The van der Waals surface area contributed by atoms with Crippen molar-refractivity contribution in [3.05, 3.63) is 29.8 Å². The summed E-state index contributed by atoms with van der Waals surface area (Å²) in [6.45, 7) is 0.564. The first kappa shape index (κ1) is 17.8. The zero-order chi connectivity index (χ0) is 17.9.